The van der Waals surface area contributed by atoms with Crippen LogP contribution in [0.15, 0.2) is 347 Å². The number of benzene rings is 9. The van der Waals surface area contributed by atoms with Crippen LogP contribution in [0.1, 0.15) is 0 Å². The minimum atomic E-state index is 0.791. The van der Waals surface area contributed by atoms with Gasteiger partial charge in [0.2, 0.25) is 0 Å². The van der Waals surface area contributed by atoms with E-state index in [2.05, 4.69) is 253 Å². The normalized spacial score (nSPS) is 11.6. The van der Waals surface area contributed by atoms with E-state index in [0.717, 1.165) is 129 Å². The molecule has 0 amide bonds. The largest absolute Gasteiger partial charge is 0.309 e. The third-order valence-electron chi connectivity index (χ3n) is 19.1. The maximum atomic E-state index is 5.04. The summed E-state index contributed by atoms with van der Waals surface area (Å²) in [4.78, 5) is 33.4. The smallest absolute Gasteiger partial charge is 0.145 e. The summed E-state index contributed by atoms with van der Waals surface area (Å²) in [5.74, 6) is 0. The number of nitrogens with zero attached hydrogens (tertiary/aromatic N) is 11. The van der Waals surface area contributed by atoms with E-state index < -0.39 is 0 Å². The number of rotatable bonds is 10. The highest BCUT2D eigenvalue weighted by molar-refractivity contribution is 6.19. The summed E-state index contributed by atoms with van der Waals surface area (Å²) >= 11 is 0. The molecule has 0 unspecified atom stereocenters. The lowest BCUT2D eigenvalue weighted by Crippen LogP contribution is -1.99. The van der Waals surface area contributed by atoms with Gasteiger partial charge in [0.25, 0.3) is 0 Å². The number of aromatic nitrogens is 11. The lowest BCUT2D eigenvalue weighted by molar-refractivity contribution is 1.14. The minimum Gasteiger partial charge on any atom is -0.309 e. The van der Waals surface area contributed by atoms with Gasteiger partial charge in [0.15, 0.2) is 0 Å². The van der Waals surface area contributed by atoms with E-state index in [1.165, 1.54) is 49.0 Å². The molecule has 468 valence electrons. The Labute approximate surface area is 574 Å². The standard InChI is InChI=1S/C45H29N5.C44H28N6/c1-2-12-33(13-3-1)50-42-22-21-30(29-38(42)36-16-11-25-48-45(36)50)35-15-10-20-43-44(35)37-14-4-5-19-41(37)49(43)34-27-31(39-17-6-8-23-46-39)26-32(28-34)40-18-7-9-24-47-40;1-2-12-30(13-3-1)50-41-22-21-29(26-35(41)33-16-11-25-47-44(33)50)32-15-10-20-42-43(32)34-14-4-5-19-40(34)49(42)31-27-38(36-17-6-8-23-45-36)48-39(28-31)37-18-7-9-24-46-37/h1-29H;1-28H. The molecule has 9 aromatic carbocycles. The van der Waals surface area contributed by atoms with E-state index in [4.69, 9.17) is 24.9 Å². The Morgan fingerprint density at radius 2 is 0.560 bits per heavy atom. The quantitative estimate of drug-likeness (QED) is 0.134. The number of hydrogen-bond donors (Lipinski definition) is 0. The Morgan fingerprint density at radius 3 is 1.00 bits per heavy atom. The van der Waals surface area contributed by atoms with Crippen LogP contribution in [0.25, 0.3) is 178 Å². The number of hydrogen-bond acceptors (Lipinski definition) is 7. The van der Waals surface area contributed by atoms with Gasteiger partial charge in [-0.25, -0.2) is 15.0 Å². The zero-order valence-corrected chi connectivity index (χ0v) is 53.8. The van der Waals surface area contributed by atoms with Crippen LogP contribution in [0.4, 0.5) is 0 Å². The molecule has 0 aliphatic heterocycles. The van der Waals surface area contributed by atoms with E-state index in [9.17, 15) is 0 Å². The lowest BCUT2D eigenvalue weighted by atomic mass is 9.98. The first-order chi connectivity index (χ1) is 49.6. The third-order valence-corrected chi connectivity index (χ3v) is 19.1. The molecule has 20 rings (SSSR count). The molecule has 20 aromatic rings. The zero-order valence-electron chi connectivity index (χ0n) is 53.8. The first kappa shape index (κ1) is 57.7. The highest BCUT2D eigenvalue weighted by atomic mass is 15.1. The van der Waals surface area contributed by atoms with Gasteiger partial charge in [-0.2, -0.15) is 0 Å². The first-order valence-electron chi connectivity index (χ1n) is 33.4. The highest BCUT2D eigenvalue weighted by Crippen LogP contribution is 2.45. The maximum Gasteiger partial charge on any atom is 0.145 e. The number of para-hydroxylation sites is 4. The molecule has 0 radical (unpaired) electrons. The molecule has 0 fully saturated rings. The van der Waals surface area contributed by atoms with Gasteiger partial charge in [-0.1, -0.05) is 133 Å². The second-order valence-corrected chi connectivity index (χ2v) is 24.9. The van der Waals surface area contributed by atoms with Crippen LogP contribution in [-0.2, 0) is 0 Å². The summed E-state index contributed by atoms with van der Waals surface area (Å²) in [5.41, 5.74) is 24.7. The van der Waals surface area contributed by atoms with Crippen LogP contribution in [0.2, 0.25) is 0 Å². The van der Waals surface area contributed by atoms with E-state index in [1.54, 1.807) is 12.4 Å². The first-order valence-corrected chi connectivity index (χ1v) is 33.4. The fraction of sp³-hybridized carbons (Fsp3) is 0. The Morgan fingerprint density at radius 1 is 0.190 bits per heavy atom. The molecule has 0 aliphatic rings. The predicted octanol–water partition coefficient (Wildman–Crippen LogP) is 21.5. The van der Waals surface area contributed by atoms with Gasteiger partial charge < -0.3 is 9.13 Å². The van der Waals surface area contributed by atoms with Crippen molar-refractivity contribution in [1.29, 1.82) is 0 Å². The van der Waals surface area contributed by atoms with Crippen molar-refractivity contribution in [3.8, 4) is 90.3 Å². The van der Waals surface area contributed by atoms with Crippen LogP contribution in [-0.4, -0.2) is 53.2 Å². The molecule has 0 spiro atoms. The van der Waals surface area contributed by atoms with Crippen LogP contribution in [0, 0.1) is 0 Å². The van der Waals surface area contributed by atoms with Gasteiger partial charge in [-0.05, 0) is 198 Å². The van der Waals surface area contributed by atoms with Crippen molar-refractivity contribution in [3.05, 3.63) is 347 Å². The molecular weight excluding hydrogens is 1220 g/mol. The van der Waals surface area contributed by atoms with Gasteiger partial charge in [0.05, 0.1) is 73.0 Å². The van der Waals surface area contributed by atoms with Crippen molar-refractivity contribution in [2.45, 2.75) is 0 Å². The topological polar surface area (TPSA) is 110 Å². The molecule has 11 heterocycles. The minimum absolute atomic E-state index is 0.791. The Bertz CT molecular complexity index is 5990. The van der Waals surface area contributed by atoms with E-state index >= 15 is 0 Å². The van der Waals surface area contributed by atoms with Gasteiger partial charge in [0, 0.05) is 108 Å². The van der Waals surface area contributed by atoms with E-state index in [0.29, 0.717) is 0 Å². The third kappa shape index (κ3) is 9.78. The fourth-order valence-corrected chi connectivity index (χ4v) is 14.8. The predicted molar refractivity (Wildman–Crippen MR) is 407 cm³/mol. The molecule has 100 heavy (non-hydrogen) atoms. The summed E-state index contributed by atoms with van der Waals surface area (Å²) in [5, 5.41) is 9.41. The summed E-state index contributed by atoms with van der Waals surface area (Å²) in [6.45, 7) is 0. The summed E-state index contributed by atoms with van der Waals surface area (Å²) in [7, 11) is 0. The molecule has 0 saturated carbocycles. The van der Waals surface area contributed by atoms with Crippen LogP contribution in [0.5, 0.6) is 0 Å². The molecule has 11 nitrogen and oxygen atoms in total. The fourth-order valence-electron chi connectivity index (χ4n) is 14.8. The molecule has 0 N–H and O–H groups in total. The summed E-state index contributed by atoms with van der Waals surface area (Å²) in [6, 6.07) is 108. The van der Waals surface area contributed by atoms with Gasteiger partial charge >= 0.3 is 0 Å². The van der Waals surface area contributed by atoms with Crippen molar-refractivity contribution >= 4 is 87.5 Å². The maximum absolute atomic E-state index is 5.04. The summed E-state index contributed by atoms with van der Waals surface area (Å²) < 4.78 is 9.24. The van der Waals surface area contributed by atoms with E-state index in [1.807, 2.05) is 110 Å². The molecule has 11 aromatic heterocycles. The van der Waals surface area contributed by atoms with Crippen molar-refractivity contribution in [3.63, 3.8) is 0 Å². The van der Waals surface area contributed by atoms with Crippen molar-refractivity contribution in [2.24, 2.45) is 0 Å². The Balaban J connectivity index is 0.000000139. The van der Waals surface area contributed by atoms with E-state index in [-0.39, 0.29) is 0 Å². The molecular formula is C89H57N11. The zero-order chi connectivity index (χ0) is 66.0. The van der Waals surface area contributed by atoms with Crippen molar-refractivity contribution < 1.29 is 0 Å². The van der Waals surface area contributed by atoms with Crippen LogP contribution < -0.4 is 0 Å². The molecule has 11 heteroatoms. The second-order valence-electron chi connectivity index (χ2n) is 24.9. The van der Waals surface area contributed by atoms with Gasteiger partial charge in [0.1, 0.15) is 11.3 Å². The average molecular weight is 1280 g/mol. The van der Waals surface area contributed by atoms with Crippen LogP contribution >= 0.6 is 0 Å². The number of fused-ring (bicyclic) bond motifs is 12. The average Bonchev–Trinajstić information content (AvgIpc) is 1.58. The molecule has 0 atom stereocenters. The SMILES string of the molecule is c1ccc(-n2c3ccc(-c4cccc5c4c4ccccc4n5-c4cc(-c5ccccn5)cc(-c5ccccn5)c4)cc3c3cccnc32)cc1.c1ccc(-n2c3ccc(-c4cccc5c4c4ccccc4n5-c4cc(-c5ccccn5)nc(-c5ccccn5)c4)cc3c3cccnc32)cc1. The van der Waals surface area contributed by atoms with Gasteiger partial charge in [-0.3, -0.25) is 29.1 Å². The second kappa shape index (κ2) is 24.2. The lowest BCUT2D eigenvalue weighted by Gasteiger charge is -2.13. The Hall–Kier alpha value is -13.8. The highest BCUT2D eigenvalue weighted by Gasteiger charge is 2.23. The number of pyridine rings is 7. The van der Waals surface area contributed by atoms with Crippen molar-refractivity contribution in [1.82, 2.24) is 53.2 Å². The molecule has 0 bridgehead atoms. The summed E-state index contributed by atoms with van der Waals surface area (Å²) in [6.07, 6.45) is 11.1. The van der Waals surface area contributed by atoms with Gasteiger partial charge in [-0.15, -0.1) is 0 Å². The Kier molecular flexibility index (Phi) is 13.9. The monoisotopic (exact) mass is 1280 g/mol. The molecule has 0 aliphatic carbocycles. The van der Waals surface area contributed by atoms with Crippen LogP contribution in [0.3, 0.4) is 0 Å². The van der Waals surface area contributed by atoms with Crippen molar-refractivity contribution in [2.75, 3.05) is 0 Å². The molecule has 0 saturated heterocycles.